The monoisotopic (exact) mass is 413 g/mol. The molecule has 0 aromatic carbocycles. The third kappa shape index (κ3) is 5.95. The van der Waals surface area contributed by atoms with Crippen molar-refractivity contribution in [2.45, 2.75) is 39.5 Å². The topological polar surface area (TPSA) is 107 Å². The number of nitrogens with zero attached hydrogens (tertiary/aromatic N) is 5. The highest BCUT2D eigenvalue weighted by Gasteiger charge is 2.23. The highest BCUT2D eigenvalue weighted by Crippen LogP contribution is 2.28. The van der Waals surface area contributed by atoms with E-state index in [0.717, 1.165) is 31.6 Å². The zero-order valence-corrected chi connectivity index (χ0v) is 17.9. The molecule has 1 unspecified atom stereocenters. The van der Waals surface area contributed by atoms with Crippen molar-refractivity contribution in [3.63, 3.8) is 0 Å². The lowest BCUT2D eigenvalue weighted by atomic mass is 9.94. The number of likely N-dealkylation sites (tertiary alicyclic amines) is 1. The summed E-state index contributed by atoms with van der Waals surface area (Å²) < 4.78 is 0. The van der Waals surface area contributed by atoms with Gasteiger partial charge >= 0.3 is 0 Å². The van der Waals surface area contributed by atoms with Crippen LogP contribution in [-0.4, -0.2) is 51.9 Å². The largest absolute Gasteiger partial charge is 0.350 e. The van der Waals surface area contributed by atoms with E-state index in [4.69, 9.17) is 5.26 Å². The van der Waals surface area contributed by atoms with E-state index in [2.05, 4.69) is 50.4 Å². The van der Waals surface area contributed by atoms with Crippen LogP contribution in [0.2, 0.25) is 0 Å². The fourth-order valence-electron chi connectivity index (χ4n) is 3.34. The van der Waals surface area contributed by atoms with Gasteiger partial charge in [0.1, 0.15) is 17.3 Å². The highest BCUT2D eigenvalue weighted by molar-refractivity contribution is 7.14. The van der Waals surface area contributed by atoms with Crippen molar-refractivity contribution in [2.24, 2.45) is 5.92 Å². The van der Waals surface area contributed by atoms with Crippen LogP contribution in [0.5, 0.6) is 0 Å². The average molecular weight is 414 g/mol. The molecular weight excluding hydrogens is 386 g/mol. The number of piperidine rings is 1. The molecule has 1 aliphatic heterocycles. The van der Waals surface area contributed by atoms with Gasteiger partial charge in [0.05, 0.1) is 18.3 Å². The zero-order chi connectivity index (χ0) is 20.8. The van der Waals surface area contributed by atoms with Gasteiger partial charge in [0.25, 0.3) is 5.91 Å². The van der Waals surface area contributed by atoms with E-state index in [9.17, 15) is 4.79 Å². The lowest BCUT2D eigenvalue weighted by Gasteiger charge is -2.30. The Balaban J connectivity index is 1.69. The van der Waals surface area contributed by atoms with Crippen molar-refractivity contribution >= 4 is 28.2 Å². The van der Waals surface area contributed by atoms with Gasteiger partial charge in [-0.15, -0.1) is 11.3 Å². The first-order chi connectivity index (χ1) is 13.9. The normalized spacial score (nSPS) is 17.1. The van der Waals surface area contributed by atoms with E-state index in [0.29, 0.717) is 41.5 Å². The van der Waals surface area contributed by atoms with Gasteiger partial charge in [-0.25, -0.2) is 15.0 Å². The number of aromatic nitrogens is 3. The number of hydrogen-bond donors (Lipinski definition) is 2. The minimum atomic E-state index is -0.164. The van der Waals surface area contributed by atoms with E-state index in [-0.39, 0.29) is 11.8 Å². The maximum atomic E-state index is 12.2. The van der Waals surface area contributed by atoms with Gasteiger partial charge in [0.2, 0.25) is 0 Å². The predicted octanol–water partition coefficient (Wildman–Crippen LogP) is 3.07. The second-order valence-electron chi connectivity index (χ2n) is 7.72. The Morgan fingerprint density at radius 3 is 3.00 bits per heavy atom. The SMILES string of the molecule is Cc1nc(Nc2nc(C(=O)NCC(C)C)cs2)cc(C2CCCN(CC#N)C2)n1. The number of aryl methyl sites for hydroxylation is 1. The molecule has 8 nitrogen and oxygen atoms in total. The minimum absolute atomic E-state index is 0.164. The van der Waals surface area contributed by atoms with Crippen molar-refractivity contribution in [3.8, 4) is 6.07 Å². The van der Waals surface area contributed by atoms with Crippen LogP contribution in [0, 0.1) is 24.2 Å². The second-order valence-corrected chi connectivity index (χ2v) is 8.58. The molecule has 29 heavy (non-hydrogen) atoms. The van der Waals surface area contributed by atoms with Gasteiger partial charge in [-0.3, -0.25) is 9.69 Å². The van der Waals surface area contributed by atoms with Gasteiger partial charge in [0.15, 0.2) is 5.13 Å². The fraction of sp³-hybridized carbons (Fsp3) is 0.550. The predicted molar refractivity (Wildman–Crippen MR) is 113 cm³/mol. The van der Waals surface area contributed by atoms with E-state index in [1.165, 1.54) is 11.3 Å². The fourth-order valence-corrected chi connectivity index (χ4v) is 4.03. The molecule has 1 saturated heterocycles. The Labute approximate surface area is 175 Å². The number of rotatable bonds is 7. The first kappa shape index (κ1) is 21.1. The van der Waals surface area contributed by atoms with Gasteiger partial charge in [-0.2, -0.15) is 5.26 Å². The summed E-state index contributed by atoms with van der Waals surface area (Å²) in [5, 5.41) is 17.4. The molecule has 3 rings (SSSR count). The molecule has 0 saturated carbocycles. The molecule has 0 radical (unpaired) electrons. The molecule has 0 bridgehead atoms. The average Bonchev–Trinajstić information content (AvgIpc) is 3.14. The summed E-state index contributed by atoms with van der Waals surface area (Å²) in [6, 6.07) is 4.18. The number of carbonyl (C=O) groups is 1. The molecule has 1 atom stereocenters. The van der Waals surface area contributed by atoms with Crippen LogP contribution in [0.25, 0.3) is 0 Å². The highest BCUT2D eigenvalue weighted by atomic mass is 32.1. The summed E-state index contributed by atoms with van der Waals surface area (Å²) >= 11 is 1.37. The Bertz CT molecular complexity index is 889. The zero-order valence-electron chi connectivity index (χ0n) is 17.1. The molecular formula is C20H27N7OS. The summed E-state index contributed by atoms with van der Waals surface area (Å²) in [4.78, 5) is 27.8. The standard InChI is InChI=1S/C20H27N7OS/c1-13(2)10-22-19(28)17-12-29-20(25-17)26-18-9-16(23-14(3)24-18)15-5-4-7-27(11-15)8-6-21/h9,12-13,15H,4-5,7-8,10-11H2,1-3H3,(H,22,28)(H,23,24,25,26). The lowest BCUT2D eigenvalue weighted by Crippen LogP contribution is -2.35. The Hall–Kier alpha value is -2.57. The van der Waals surface area contributed by atoms with Crippen LogP contribution in [0.4, 0.5) is 10.9 Å². The van der Waals surface area contributed by atoms with E-state index < -0.39 is 0 Å². The van der Waals surface area contributed by atoms with Crippen LogP contribution >= 0.6 is 11.3 Å². The van der Waals surface area contributed by atoms with E-state index >= 15 is 0 Å². The van der Waals surface area contributed by atoms with Crippen LogP contribution in [-0.2, 0) is 0 Å². The Morgan fingerprint density at radius 1 is 1.41 bits per heavy atom. The van der Waals surface area contributed by atoms with E-state index in [1.807, 2.05) is 13.0 Å². The molecule has 0 aliphatic carbocycles. The molecule has 1 aliphatic rings. The van der Waals surface area contributed by atoms with Crippen molar-refractivity contribution in [1.82, 2.24) is 25.2 Å². The summed E-state index contributed by atoms with van der Waals surface area (Å²) in [5.41, 5.74) is 1.39. The molecule has 2 aromatic rings. The number of nitriles is 1. The van der Waals surface area contributed by atoms with Crippen molar-refractivity contribution in [3.05, 3.63) is 28.7 Å². The maximum absolute atomic E-state index is 12.2. The maximum Gasteiger partial charge on any atom is 0.270 e. The summed E-state index contributed by atoms with van der Waals surface area (Å²) in [5.74, 6) is 1.87. The molecule has 1 fully saturated rings. The first-order valence-electron chi connectivity index (χ1n) is 9.90. The third-order valence-electron chi connectivity index (χ3n) is 4.72. The number of thiazole rings is 1. The molecule has 0 spiro atoms. The molecule has 3 heterocycles. The van der Waals surface area contributed by atoms with Gasteiger partial charge in [0, 0.05) is 30.5 Å². The van der Waals surface area contributed by atoms with Crippen molar-refractivity contribution in [2.75, 3.05) is 31.5 Å². The summed E-state index contributed by atoms with van der Waals surface area (Å²) in [6.45, 7) is 8.84. The van der Waals surface area contributed by atoms with Crippen molar-refractivity contribution in [1.29, 1.82) is 5.26 Å². The minimum Gasteiger partial charge on any atom is -0.350 e. The third-order valence-corrected chi connectivity index (χ3v) is 5.48. The quantitative estimate of drug-likeness (QED) is 0.672. The van der Waals surface area contributed by atoms with Gasteiger partial charge in [-0.1, -0.05) is 13.8 Å². The number of carbonyl (C=O) groups excluding carboxylic acids is 1. The smallest absolute Gasteiger partial charge is 0.270 e. The van der Waals surface area contributed by atoms with Crippen LogP contribution < -0.4 is 10.6 Å². The molecule has 1 amide bonds. The lowest BCUT2D eigenvalue weighted by molar-refractivity contribution is 0.0945. The second kappa shape index (κ2) is 9.76. The number of nitrogens with one attached hydrogen (secondary N) is 2. The number of anilines is 2. The number of amides is 1. The summed E-state index contributed by atoms with van der Waals surface area (Å²) in [6.07, 6.45) is 2.11. The molecule has 154 valence electrons. The molecule has 2 N–H and O–H groups in total. The summed E-state index contributed by atoms with van der Waals surface area (Å²) in [7, 11) is 0. The Morgan fingerprint density at radius 2 is 2.24 bits per heavy atom. The van der Waals surface area contributed by atoms with Gasteiger partial charge < -0.3 is 10.6 Å². The van der Waals surface area contributed by atoms with Crippen LogP contribution in [0.3, 0.4) is 0 Å². The Kier molecular flexibility index (Phi) is 7.12. The van der Waals surface area contributed by atoms with E-state index in [1.54, 1.807) is 5.38 Å². The number of hydrogen-bond acceptors (Lipinski definition) is 8. The van der Waals surface area contributed by atoms with Gasteiger partial charge in [-0.05, 0) is 32.2 Å². The van der Waals surface area contributed by atoms with Crippen LogP contribution in [0.1, 0.15) is 54.6 Å². The first-order valence-corrected chi connectivity index (χ1v) is 10.8. The molecule has 2 aromatic heterocycles. The molecule has 9 heteroatoms. The van der Waals surface area contributed by atoms with Crippen LogP contribution in [0.15, 0.2) is 11.4 Å². The van der Waals surface area contributed by atoms with Crippen molar-refractivity contribution < 1.29 is 4.79 Å².